The minimum atomic E-state index is -0.974. The number of unbranched alkanes of at least 4 members (excludes halogenated alkanes) is 1. The summed E-state index contributed by atoms with van der Waals surface area (Å²) in [7, 11) is -0.974. The van der Waals surface area contributed by atoms with Gasteiger partial charge in [-0.05, 0) is 30.7 Å². The summed E-state index contributed by atoms with van der Waals surface area (Å²) in [5.74, 6) is 0.915. The Labute approximate surface area is 136 Å². The number of carbonyl (C=O) groups excluding carboxylic acids is 1. The van der Waals surface area contributed by atoms with Gasteiger partial charge in [-0.15, -0.1) is 0 Å². The van der Waals surface area contributed by atoms with Gasteiger partial charge in [0.25, 0.3) is 0 Å². The fraction of sp³-hybridized carbons (Fsp3) is 0.375. The lowest BCUT2D eigenvalue weighted by atomic mass is 10.2. The highest BCUT2D eigenvalue weighted by Crippen LogP contribution is 2.31. The molecule has 122 valence electrons. The molecule has 2 heterocycles. The molecule has 1 atom stereocenters. The summed E-state index contributed by atoms with van der Waals surface area (Å²) in [6.45, 7) is 2.02. The molecule has 1 aromatic heterocycles. The average Bonchev–Trinajstić information content (AvgIpc) is 3.03. The Morgan fingerprint density at radius 3 is 2.78 bits per heavy atom. The van der Waals surface area contributed by atoms with E-state index in [0.29, 0.717) is 29.4 Å². The van der Waals surface area contributed by atoms with Crippen molar-refractivity contribution >= 4 is 22.5 Å². The van der Waals surface area contributed by atoms with Crippen molar-refractivity contribution in [3.05, 3.63) is 41.3 Å². The molecule has 1 aliphatic rings. The Morgan fingerprint density at radius 1 is 1.35 bits per heavy atom. The van der Waals surface area contributed by atoms with E-state index in [0.717, 1.165) is 24.1 Å². The number of halogens is 1. The van der Waals surface area contributed by atoms with Crippen LogP contribution in [0.1, 0.15) is 37.4 Å². The highest BCUT2D eigenvalue weighted by Gasteiger charge is 2.28. The van der Waals surface area contributed by atoms with Gasteiger partial charge >= 0.3 is 0 Å². The summed E-state index contributed by atoms with van der Waals surface area (Å²) in [5.41, 5.74) is 2.22. The zero-order valence-electron chi connectivity index (χ0n) is 12.8. The van der Waals surface area contributed by atoms with E-state index in [1.54, 1.807) is 16.8 Å². The van der Waals surface area contributed by atoms with Crippen molar-refractivity contribution in [3.63, 3.8) is 0 Å². The first-order valence-electron chi connectivity index (χ1n) is 7.60. The number of nitrogens with zero attached hydrogens (tertiary/aromatic N) is 2. The number of fused-ring (bicyclic) bond motifs is 1. The van der Waals surface area contributed by atoms with Gasteiger partial charge in [-0.25, -0.2) is 9.07 Å². The van der Waals surface area contributed by atoms with Gasteiger partial charge in [0.05, 0.1) is 22.9 Å². The maximum absolute atomic E-state index is 13.1. The van der Waals surface area contributed by atoms with E-state index in [1.165, 1.54) is 12.1 Å². The van der Waals surface area contributed by atoms with Crippen LogP contribution in [0, 0.1) is 5.82 Å². The van der Waals surface area contributed by atoms with Gasteiger partial charge in [0.1, 0.15) is 11.6 Å². The Morgan fingerprint density at radius 2 is 2.09 bits per heavy atom. The zero-order chi connectivity index (χ0) is 16.4. The van der Waals surface area contributed by atoms with Crippen molar-refractivity contribution in [3.8, 4) is 5.69 Å². The molecule has 0 aliphatic carbocycles. The van der Waals surface area contributed by atoms with Crippen LogP contribution in [0.4, 0.5) is 10.2 Å². The van der Waals surface area contributed by atoms with Crippen molar-refractivity contribution < 1.29 is 13.4 Å². The summed E-state index contributed by atoms with van der Waals surface area (Å²) >= 11 is 0. The van der Waals surface area contributed by atoms with E-state index in [1.807, 2.05) is 6.92 Å². The van der Waals surface area contributed by atoms with E-state index >= 15 is 0 Å². The molecule has 0 bridgehead atoms. The molecule has 0 radical (unpaired) electrons. The van der Waals surface area contributed by atoms with Crippen molar-refractivity contribution in [2.24, 2.45) is 0 Å². The van der Waals surface area contributed by atoms with Gasteiger partial charge in [-0.1, -0.05) is 13.3 Å². The fourth-order valence-electron chi connectivity index (χ4n) is 2.56. The second-order valence-electron chi connectivity index (χ2n) is 5.54. The van der Waals surface area contributed by atoms with E-state index in [4.69, 9.17) is 0 Å². The van der Waals surface area contributed by atoms with Crippen molar-refractivity contribution in [1.29, 1.82) is 0 Å². The van der Waals surface area contributed by atoms with E-state index in [2.05, 4.69) is 10.4 Å². The number of nitrogens with one attached hydrogen (secondary N) is 1. The normalized spacial score (nSPS) is 16.3. The van der Waals surface area contributed by atoms with Crippen LogP contribution in [0.3, 0.4) is 0 Å². The van der Waals surface area contributed by atoms with E-state index in [9.17, 15) is 13.4 Å². The van der Waals surface area contributed by atoms with Gasteiger partial charge in [-0.3, -0.25) is 9.00 Å². The number of anilines is 1. The number of benzene rings is 1. The van der Waals surface area contributed by atoms with Crippen LogP contribution in [0.25, 0.3) is 5.69 Å². The van der Waals surface area contributed by atoms with Gasteiger partial charge in [0.15, 0.2) is 0 Å². The molecule has 0 spiro atoms. The average molecular weight is 335 g/mol. The van der Waals surface area contributed by atoms with E-state index in [-0.39, 0.29) is 11.7 Å². The Hall–Kier alpha value is -2.02. The second-order valence-corrected chi connectivity index (χ2v) is 7.00. The van der Waals surface area contributed by atoms with Gasteiger partial charge in [-0.2, -0.15) is 5.10 Å². The number of hydrogen-bond donors (Lipinski definition) is 1. The van der Waals surface area contributed by atoms with E-state index < -0.39 is 10.8 Å². The minimum Gasteiger partial charge on any atom is -0.310 e. The molecule has 0 saturated heterocycles. The monoisotopic (exact) mass is 335 g/mol. The molecule has 7 heteroatoms. The van der Waals surface area contributed by atoms with Crippen LogP contribution >= 0.6 is 0 Å². The van der Waals surface area contributed by atoms with Crippen LogP contribution in [0.15, 0.2) is 24.3 Å². The molecule has 1 unspecified atom stereocenters. The Bertz CT molecular complexity index is 755. The predicted molar refractivity (Wildman–Crippen MR) is 87.2 cm³/mol. The standard InChI is InChI=1S/C16H18FN3O2S/c1-2-3-4-15(21)18-16-13-9-23(22)10-14(13)19-20(16)12-7-5-11(17)6-8-12/h5-8H,2-4,9-10H2,1H3,(H,18,21). The molecule has 3 rings (SSSR count). The summed E-state index contributed by atoms with van der Waals surface area (Å²) in [6, 6.07) is 5.91. The molecule has 1 aliphatic heterocycles. The first kappa shape index (κ1) is 15.9. The molecular formula is C16H18FN3O2S. The topological polar surface area (TPSA) is 64.0 Å². The molecule has 0 saturated carbocycles. The van der Waals surface area contributed by atoms with Gasteiger partial charge < -0.3 is 5.32 Å². The summed E-state index contributed by atoms with van der Waals surface area (Å²) in [5, 5.41) is 7.35. The fourth-order valence-corrected chi connectivity index (χ4v) is 3.82. The molecule has 23 heavy (non-hydrogen) atoms. The molecule has 1 N–H and O–H groups in total. The van der Waals surface area contributed by atoms with Crippen molar-refractivity contribution in [1.82, 2.24) is 9.78 Å². The predicted octanol–water partition coefficient (Wildman–Crippen LogP) is 2.90. The molecule has 5 nitrogen and oxygen atoms in total. The highest BCUT2D eigenvalue weighted by atomic mass is 32.2. The number of aromatic nitrogens is 2. The van der Waals surface area contributed by atoms with Crippen molar-refractivity contribution in [2.45, 2.75) is 37.7 Å². The lowest BCUT2D eigenvalue weighted by molar-refractivity contribution is -0.116. The maximum atomic E-state index is 13.1. The molecule has 2 aromatic rings. The first-order chi connectivity index (χ1) is 11.1. The SMILES string of the molecule is CCCCC(=O)Nc1c2c(nn1-c1ccc(F)cc1)CS(=O)C2. The molecular weight excluding hydrogens is 317 g/mol. The molecule has 1 aromatic carbocycles. The van der Waals surface area contributed by atoms with Gasteiger partial charge in [0, 0.05) is 22.8 Å². The quantitative estimate of drug-likeness (QED) is 0.914. The maximum Gasteiger partial charge on any atom is 0.225 e. The van der Waals surface area contributed by atoms with Crippen LogP contribution in [0.2, 0.25) is 0 Å². The second kappa shape index (κ2) is 6.62. The number of carbonyl (C=O) groups is 1. The molecule has 1 amide bonds. The lowest BCUT2D eigenvalue weighted by Crippen LogP contribution is -2.16. The zero-order valence-corrected chi connectivity index (χ0v) is 13.7. The highest BCUT2D eigenvalue weighted by molar-refractivity contribution is 7.83. The third-order valence-corrected chi connectivity index (χ3v) is 4.96. The van der Waals surface area contributed by atoms with Gasteiger partial charge in [0.2, 0.25) is 5.91 Å². The van der Waals surface area contributed by atoms with Crippen LogP contribution in [-0.4, -0.2) is 19.9 Å². The minimum absolute atomic E-state index is 0.0874. The number of hydrogen-bond acceptors (Lipinski definition) is 3. The smallest absolute Gasteiger partial charge is 0.225 e. The molecule has 0 fully saturated rings. The van der Waals surface area contributed by atoms with Crippen molar-refractivity contribution in [2.75, 3.05) is 5.32 Å². The largest absolute Gasteiger partial charge is 0.310 e. The summed E-state index contributed by atoms with van der Waals surface area (Å²) < 4.78 is 26.5. The third kappa shape index (κ3) is 3.34. The lowest BCUT2D eigenvalue weighted by Gasteiger charge is -2.11. The Kier molecular flexibility index (Phi) is 4.56. The third-order valence-electron chi connectivity index (χ3n) is 3.76. The number of amides is 1. The number of rotatable bonds is 5. The van der Waals surface area contributed by atoms with Crippen LogP contribution in [-0.2, 0) is 27.1 Å². The first-order valence-corrected chi connectivity index (χ1v) is 9.09. The van der Waals surface area contributed by atoms with Crippen LogP contribution in [0.5, 0.6) is 0 Å². The Balaban J connectivity index is 1.96. The summed E-state index contributed by atoms with van der Waals surface area (Å²) in [4.78, 5) is 12.1. The van der Waals surface area contributed by atoms with Crippen LogP contribution < -0.4 is 5.32 Å². The summed E-state index contributed by atoms with van der Waals surface area (Å²) in [6.07, 6.45) is 2.18.